The molecule has 120 valence electrons. The highest BCUT2D eigenvalue weighted by molar-refractivity contribution is 7.80. The van der Waals surface area contributed by atoms with Crippen LogP contribution in [-0.4, -0.2) is 19.1 Å². The average Bonchev–Trinajstić information content (AvgIpc) is 2.98. The summed E-state index contributed by atoms with van der Waals surface area (Å²) >= 11 is 3.98. The van der Waals surface area contributed by atoms with Crippen molar-refractivity contribution in [1.82, 2.24) is 0 Å². The zero-order valence-corrected chi connectivity index (χ0v) is 13.3. The molecule has 21 heavy (non-hydrogen) atoms. The minimum Gasteiger partial charge on any atom is -0.339 e. The second-order valence-corrected chi connectivity index (χ2v) is 4.64. The van der Waals surface area contributed by atoms with Gasteiger partial charge in [0.05, 0.1) is 13.2 Å². The molecule has 0 aromatic heterocycles. The molecule has 1 atom stereocenters. The Balaban J connectivity index is 0.000000706. The Hall–Kier alpha value is -0.440. The summed E-state index contributed by atoms with van der Waals surface area (Å²) in [5, 5.41) is 0. The predicted molar refractivity (Wildman–Crippen MR) is 77.8 cm³/mol. The molecular formula is C13H16F4O2S2. The lowest BCUT2D eigenvalue weighted by Crippen LogP contribution is -2.44. The minimum absolute atomic E-state index is 0. The largest absolute Gasteiger partial charge is 0.340 e. The van der Waals surface area contributed by atoms with Crippen molar-refractivity contribution in [2.24, 2.45) is 0 Å². The van der Waals surface area contributed by atoms with Crippen LogP contribution in [0.5, 0.6) is 0 Å². The fourth-order valence-electron chi connectivity index (χ4n) is 2.44. The summed E-state index contributed by atoms with van der Waals surface area (Å²) in [6.45, 7) is 3.79. The summed E-state index contributed by atoms with van der Waals surface area (Å²) in [5.41, 5.74) is -1.07. The number of ether oxygens (including phenoxy) is 2. The standard InChI is InChI=1S/C11H8F4O2S.C2H6.H2S/c12-5-1-2-6(18)8-7(5)9(13)10(14,15)11(8)16-3-4-17-11;1-2;/h1-2,9,18H,3-4H2;1-2H3;1H2/t9-;;/m1../s1. The average molecular weight is 344 g/mol. The molecule has 1 spiro atoms. The summed E-state index contributed by atoms with van der Waals surface area (Å²) in [5.74, 6) is -7.59. The van der Waals surface area contributed by atoms with Gasteiger partial charge in [-0.3, -0.25) is 0 Å². The quantitative estimate of drug-likeness (QED) is 0.564. The molecule has 0 unspecified atom stereocenters. The van der Waals surface area contributed by atoms with E-state index in [4.69, 9.17) is 9.47 Å². The minimum atomic E-state index is -3.98. The molecule has 1 aromatic carbocycles. The molecule has 1 aromatic rings. The van der Waals surface area contributed by atoms with E-state index in [9.17, 15) is 17.6 Å². The van der Waals surface area contributed by atoms with Gasteiger partial charge < -0.3 is 9.47 Å². The number of alkyl halides is 3. The molecule has 0 radical (unpaired) electrons. The van der Waals surface area contributed by atoms with Gasteiger partial charge in [-0.1, -0.05) is 13.8 Å². The number of benzene rings is 1. The van der Waals surface area contributed by atoms with Crippen LogP contribution in [0.15, 0.2) is 17.0 Å². The van der Waals surface area contributed by atoms with E-state index in [1.807, 2.05) is 13.8 Å². The molecule has 1 fully saturated rings. The van der Waals surface area contributed by atoms with Crippen molar-refractivity contribution in [3.63, 3.8) is 0 Å². The fraction of sp³-hybridized carbons (Fsp3) is 0.538. The molecule has 1 heterocycles. The van der Waals surface area contributed by atoms with Crippen molar-refractivity contribution in [2.75, 3.05) is 13.2 Å². The third kappa shape index (κ3) is 2.36. The van der Waals surface area contributed by atoms with Crippen LogP contribution in [0.4, 0.5) is 17.6 Å². The first-order chi connectivity index (χ1) is 9.42. The van der Waals surface area contributed by atoms with E-state index in [2.05, 4.69) is 12.6 Å². The summed E-state index contributed by atoms with van der Waals surface area (Å²) < 4.78 is 65.3. The molecule has 3 rings (SSSR count). The molecular weight excluding hydrogens is 328 g/mol. The van der Waals surface area contributed by atoms with Crippen LogP contribution in [0, 0.1) is 5.82 Å². The summed E-state index contributed by atoms with van der Waals surface area (Å²) in [6.07, 6.45) is -2.81. The molecule has 1 aliphatic heterocycles. The molecule has 1 aliphatic carbocycles. The number of rotatable bonds is 0. The van der Waals surface area contributed by atoms with Crippen molar-refractivity contribution in [3.8, 4) is 0 Å². The Morgan fingerprint density at radius 3 is 2.24 bits per heavy atom. The number of fused-ring (bicyclic) bond motifs is 2. The maximum atomic E-state index is 14.0. The van der Waals surface area contributed by atoms with Crippen LogP contribution < -0.4 is 0 Å². The lowest BCUT2D eigenvalue weighted by atomic mass is 10.1. The highest BCUT2D eigenvalue weighted by Crippen LogP contribution is 2.61. The zero-order valence-electron chi connectivity index (χ0n) is 11.4. The van der Waals surface area contributed by atoms with Crippen molar-refractivity contribution in [1.29, 1.82) is 0 Å². The lowest BCUT2D eigenvalue weighted by molar-refractivity contribution is -0.308. The summed E-state index contributed by atoms with van der Waals surface area (Å²) in [4.78, 5) is 0.0214. The normalized spacial score (nSPS) is 24.0. The smallest absolute Gasteiger partial charge is 0.339 e. The van der Waals surface area contributed by atoms with Crippen LogP contribution in [0.25, 0.3) is 0 Å². The fourth-order valence-corrected chi connectivity index (χ4v) is 2.78. The van der Waals surface area contributed by atoms with Gasteiger partial charge in [0.25, 0.3) is 5.79 Å². The predicted octanol–water partition coefficient (Wildman–Crippen LogP) is 4.11. The van der Waals surface area contributed by atoms with Gasteiger partial charge in [0.2, 0.25) is 0 Å². The SMILES string of the molecule is CC.Fc1ccc(S)c2c1[C@@H](F)C(F)(F)C21OCCO1.S. The lowest BCUT2D eigenvalue weighted by Gasteiger charge is -2.30. The van der Waals surface area contributed by atoms with Gasteiger partial charge >= 0.3 is 5.92 Å². The number of halogens is 4. The molecule has 8 heteroatoms. The van der Waals surface area contributed by atoms with E-state index in [0.717, 1.165) is 6.07 Å². The Labute approximate surface area is 132 Å². The highest BCUT2D eigenvalue weighted by atomic mass is 32.1. The Kier molecular flexibility index (Phi) is 5.63. The van der Waals surface area contributed by atoms with E-state index in [1.54, 1.807) is 0 Å². The van der Waals surface area contributed by atoms with Gasteiger partial charge in [-0.25, -0.2) is 8.78 Å². The molecule has 2 aliphatic rings. The Bertz CT molecular complexity index is 519. The topological polar surface area (TPSA) is 18.5 Å². The number of hydrogen-bond donors (Lipinski definition) is 1. The second kappa shape index (κ2) is 6.36. The van der Waals surface area contributed by atoms with Gasteiger partial charge in [-0.05, 0) is 12.1 Å². The van der Waals surface area contributed by atoms with Crippen molar-refractivity contribution >= 4 is 26.1 Å². The molecule has 0 N–H and O–H groups in total. The van der Waals surface area contributed by atoms with Crippen LogP contribution in [0.2, 0.25) is 0 Å². The maximum absolute atomic E-state index is 14.0. The number of thiol groups is 1. The van der Waals surface area contributed by atoms with Crippen LogP contribution >= 0.6 is 26.1 Å². The Morgan fingerprint density at radius 2 is 1.71 bits per heavy atom. The monoisotopic (exact) mass is 344 g/mol. The van der Waals surface area contributed by atoms with E-state index in [0.29, 0.717) is 0 Å². The van der Waals surface area contributed by atoms with E-state index in [-0.39, 0.29) is 37.2 Å². The first-order valence-corrected chi connectivity index (χ1v) is 6.68. The summed E-state index contributed by atoms with van der Waals surface area (Å²) in [6, 6.07) is 2.08. The van der Waals surface area contributed by atoms with Crippen molar-refractivity contribution in [3.05, 3.63) is 29.1 Å². The van der Waals surface area contributed by atoms with Gasteiger partial charge in [0, 0.05) is 16.0 Å². The third-order valence-electron chi connectivity index (χ3n) is 3.20. The third-order valence-corrected chi connectivity index (χ3v) is 3.58. The van der Waals surface area contributed by atoms with Gasteiger partial charge in [0.1, 0.15) is 5.82 Å². The van der Waals surface area contributed by atoms with E-state index < -0.39 is 29.3 Å². The van der Waals surface area contributed by atoms with E-state index in [1.165, 1.54) is 6.07 Å². The molecule has 0 saturated carbocycles. The van der Waals surface area contributed by atoms with Crippen LogP contribution in [0.1, 0.15) is 31.1 Å². The molecule has 0 bridgehead atoms. The second-order valence-electron chi connectivity index (χ2n) is 4.15. The van der Waals surface area contributed by atoms with Gasteiger partial charge in [-0.15, -0.1) is 12.6 Å². The van der Waals surface area contributed by atoms with Gasteiger partial charge in [0.15, 0.2) is 6.17 Å². The summed E-state index contributed by atoms with van der Waals surface area (Å²) in [7, 11) is 0. The van der Waals surface area contributed by atoms with Crippen LogP contribution in [-0.2, 0) is 15.3 Å². The Morgan fingerprint density at radius 1 is 1.19 bits per heavy atom. The maximum Gasteiger partial charge on any atom is 0.340 e. The first kappa shape index (κ1) is 18.6. The molecule has 0 amide bonds. The zero-order chi connectivity index (χ0) is 15.1. The number of hydrogen-bond acceptors (Lipinski definition) is 3. The van der Waals surface area contributed by atoms with Crippen molar-refractivity contribution < 1.29 is 27.0 Å². The molecule has 1 saturated heterocycles. The molecule has 2 nitrogen and oxygen atoms in total. The first-order valence-electron chi connectivity index (χ1n) is 6.23. The highest BCUT2D eigenvalue weighted by Gasteiger charge is 2.72. The van der Waals surface area contributed by atoms with Crippen LogP contribution in [0.3, 0.4) is 0 Å². The van der Waals surface area contributed by atoms with E-state index >= 15 is 0 Å². The van der Waals surface area contributed by atoms with Gasteiger partial charge in [-0.2, -0.15) is 22.3 Å². The van der Waals surface area contributed by atoms with Crippen molar-refractivity contribution in [2.45, 2.75) is 36.6 Å².